The Morgan fingerprint density at radius 1 is 0.941 bits per heavy atom. The molecule has 0 aromatic rings. The van der Waals surface area contributed by atoms with E-state index < -0.39 is 0 Å². The van der Waals surface area contributed by atoms with Gasteiger partial charge in [0, 0.05) is 12.4 Å². The molecule has 0 saturated carbocycles. The molecule has 0 spiro atoms. The van der Waals surface area contributed by atoms with Gasteiger partial charge >= 0.3 is 0 Å². The van der Waals surface area contributed by atoms with E-state index in [4.69, 9.17) is 11.6 Å². The maximum Gasteiger partial charge on any atom is 0.0229 e. The summed E-state index contributed by atoms with van der Waals surface area (Å²) in [7, 11) is 0. The molecule has 0 atom stereocenters. The summed E-state index contributed by atoms with van der Waals surface area (Å²) in [6, 6.07) is 0. The highest BCUT2D eigenvalue weighted by atomic mass is 35.5. The van der Waals surface area contributed by atoms with Crippen molar-refractivity contribution in [3.05, 3.63) is 0 Å². The first-order chi connectivity index (χ1) is 8.12. The lowest BCUT2D eigenvalue weighted by Crippen LogP contribution is -2.30. The second-order valence-corrected chi connectivity index (χ2v) is 6.28. The van der Waals surface area contributed by atoms with E-state index in [1.54, 1.807) is 0 Å². The van der Waals surface area contributed by atoms with Crippen molar-refractivity contribution in [2.75, 3.05) is 19.0 Å². The summed E-state index contributed by atoms with van der Waals surface area (Å²) in [4.78, 5) is 0. The Morgan fingerprint density at radius 3 is 2.12 bits per heavy atom. The molecular formula is C15H32ClN. The van der Waals surface area contributed by atoms with Crippen LogP contribution in [-0.4, -0.2) is 19.0 Å². The van der Waals surface area contributed by atoms with Crippen molar-refractivity contribution in [3.63, 3.8) is 0 Å². The number of hydrogen-bond acceptors (Lipinski definition) is 1. The van der Waals surface area contributed by atoms with Crippen LogP contribution >= 0.6 is 11.6 Å². The highest BCUT2D eigenvalue weighted by molar-refractivity contribution is 6.17. The Kier molecular flexibility index (Phi) is 11.5. The van der Waals surface area contributed by atoms with Crippen LogP contribution in [0.15, 0.2) is 0 Å². The van der Waals surface area contributed by atoms with E-state index in [2.05, 4.69) is 26.1 Å². The quantitative estimate of drug-likeness (QED) is 0.386. The highest BCUT2D eigenvalue weighted by Gasteiger charge is 2.15. The monoisotopic (exact) mass is 261 g/mol. The van der Waals surface area contributed by atoms with Crippen molar-refractivity contribution in [2.45, 2.75) is 72.1 Å². The summed E-state index contributed by atoms with van der Waals surface area (Å²) < 4.78 is 0. The molecule has 0 fully saturated rings. The number of rotatable bonds is 12. The molecule has 0 unspecified atom stereocenters. The second kappa shape index (κ2) is 11.3. The molecule has 0 aliphatic heterocycles. The minimum atomic E-state index is 0.350. The van der Waals surface area contributed by atoms with Crippen molar-refractivity contribution in [3.8, 4) is 0 Å². The zero-order valence-electron chi connectivity index (χ0n) is 12.2. The van der Waals surface area contributed by atoms with Crippen LogP contribution in [0.1, 0.15) is 72.1 Å². The number of hydrogen-bond donors (Lipinski definition) is 1. The second-order valence-electron chi connectivity index (χ2n) is 5.90. The van der Waals surface area contributed by atoms with Gasteiger partial charge in [-0.2, -0.15) is 0 Å². The molecule has 17 heavy (non-hydrogen) atoms. The third kappa shape index (κ3) is 12.5. The zero-order valence-corrected chi connectivity index (χ0v) is 12.9. The first kappa shape index (κ1) is 17.2. The summed E-state index contributed by atoms with van der Waals surface area (Å²) in [6.45, 7) is 9.10. The van der Waals surface area contributed by atoms with Crippen molar-refractivity contribution in [1.29, 1.82) is 0 Å². The largest absolute Gasteiger partial charge is 0.316 e. The average Bonchev–Trinajstić information content (AvgIpc) is 2.27. The van der Waals surface area contributed by atoms with E-state index in [9.17, 15) is 0 Å². The molecule has 0 aromatic heterocycles. The molecule has 0 saturated heterocycles. The number of unbranched alkanes of at least 4 members (excludes halogenated alkanes) is 6. The molecule has 0 amide bonds. The Bertz CT molecular complexity index is 157. The average molecular weight is 262 g/mol. The predicted octanol–water partition coefficient (Wildman–Crippen LogP) is 4.98. The summed E-state index contributed by atoms with van der Waals surface area (Å²) in [6.07, 6.45) is 10.8. The van der Waals surface area contributed by atoms with E-state index in [-0.39, 0.29) is 0 Å². The van der Waals surface area contributed by atoms with Crippen LogP contribution in [0.25, 0.3) is 0 Å². The third-order valence-electron chi connectivity index (χ3n) is 3.33. The number of halogens is 1. The van der Waals surface area contributed by atoms with Gasteiger partial charge in [-0.15, -0.1) is 11.6 Å². The van der Waals surface area contributed by atoms with Crippen LogP contribution in [0.2, 0.25) is 0 Å². The number of alkyl halides is 1. The Labute approximate surface area is 114 Å². The molecule has 0 aliphatic rings. The molecule has 1 nitrogen and oxygen atoms in total. The smallest absolute Gasteiger partial charge is 0.0229 e. The normalized spacial score (nSPS) is 12.0. The van der Waals surface area contributed by atoms with Crippen molar-refractivity contribution < 1.29 is 0 Å². The van der Waals surface area contributed by atoms with Gasteiger partial charge in [-0.1, -0.05) is 59.3 Å². The maximum atomic E-state index is 5.78. The molecular weight excluding hydrogens is 230 g/mol. The molecule has 0 rings (SSSR count). The summed E-state index contributed by atoms with van der Waals surface area (Å²) >= 11 is 5.78. The number of nitrogens with one attached hydrogen (secondary N) is 1. The lowest BCUT2D eigenvalue weighted by molar-refractivity contribution is 0.329. The van der Waals surface area contributed by atoms with E-state index in [0.717, 1.165) is 18.8 Å². The highest BCUT2D eigenvalue weighted by Crippen LogP contribution is 2.19. The van der Waals surface area contributed by atoms with E-state index in [0.29, 0.717) is 5.41 Å². The Balaban J connectivity index is 3.18. The van der Waals surface area contributed by atoms with Crippen LogP contribution in [0.3, 0.4) is 0 Å². The molecule has 0 bridgehead atoms. The van der Waals surface area contributed by atoms with E-state index in [1.165, 1.54) is 51.5 Å². The Hall–Kier alpha value is 0.250. The lowest BCUT2D eigenvalue weighted by Gasteiger charge is -2.23. The summed E-state index contributed by atoms with van der Waals surface area (Å²) in [5, 5.41) is 3.55. The molecule has 0 aliphatic carbocycles. The van der Waals surface area contributed by atoms with Gasteiger partial charge in [-0.05, 0) is 24.8 Å². The Morgan fingerprint density at radius 2 is 1.53 bits per heavy atom. The summed E-state index contributed by atoms with van der Waals surface area (Å²) in [5.74, 6) is 0.770. The molecule has 2 heteroatoms. The fourth-order valence-corrected chi connectivity index (χ4v) is 2.49. The van der Waals surface area contributed by atoms with Crippen LogP contribution in [0, 0.1) is 5.41 Å². The van der Waals surface area contributed by atoms with Crippen molar-refractivity contribution in [2.24, 2.45) is 5.41 Å². The van der Waals surface area contributed by atoms with E-state index >= 15 is 0 Å². The van der Waals surface area contributed by atoms with Gasteiger partial charge in [0.1, 0.15) is 0 Å². The van der Waals surface area contributed by atoms with Crippen LogP contribution in [-0.2, 0) is 0 Å². The first-order valence-corrected chi connectivity index (χ1v) is 7.92. The molecule has 1 N–H and O–H groups in total. The summed E-state index contributed by atoms with van der Waals surface area (Å²) in [5.41, 5.74) is 0.350. The molecule has 0 heterocycles. The maximum absolute atomic E-state index is 5.78. The van der Waals surface area contributed by atoms with Gasteiger partial charge in [-0.3, -0.25) is 0 Å². The topological polar surface area (TPSA) is 12.0 Å². The molecule has 0 aromatic carbocycles. The molecule has 104 valence electrons. The van der Waals surface area contributed by atoms with Gasteiger partial charge in [0.15, 0.2) is 0 Å². The lowest BCUT2D eigenvalue weighted by atomic mass is 9.90. The third-order valence-corrected chi connectivity index (χ3v) is 3.52. The fourth-order valence-electron chi connectivity index (χ4n) is 1.98. The van der Waals surface area contributed by atoms with Gasteiger partial charge in [0.05, 0.1) is 0 Å². The van der Waals surface area contributed by atoms with Crippen LogP contribution in [0.5, 0.6) is 0 Å². The van der Waals surface area contributed by atoms with Crippen molar-refractivity contribution in [1.82, 2.24) is 5.32 Å². The van der Waals surface area contributed by atoms with Gasteiger partial charge in [0.2, 0.25) is 0 Å². The van der Waals surface area contributed by atoms with Crippen LogP contribution in [0.4, 0.5) is 0 Å². The fraction of sp³-hybridized carbons (Fsp3) is 1.00. The van der Waals surface area contributed by atoms with E-state index in [1.807, 2.05) is 0 Å². The molecule has 0 radical (unpaired) electrons. The van der Waals surface area contributed by atoms with Crippen molar-refractivity contribution >= 4 is 11.6 Å². The van der Waals surface area contributed by atoms with Gasteiger partial charge in [0.25, 0.3) is 0 Å². The predicted molar refractivity (Wildman–Crippen MR) is 80.0 cm³/mol. The SMILES string of the molecule is CCCCCCCCCNCC(C)(C)CCCl. The van der Waals surface area contributed by atoms with Crippen LogP contribution < -0.4 is 5.32 Å². The zero-order chi connectivity index (χ0) is 13.0. The minimum Gasteiger partial charge on any atom is -0.316 e. The standard InChI is InChI=1S/C15H32ClN/c1-4-5-6-7-8-9-10-13-17-14-15(2,3)11-12-16/h17H,4-14H2,1-3H3. The van der Waals surface area contributed by atoms with Gasteiger partial charge in [-0.25, -0.2) is 0 Å². The van der Waals surface area contributed by atoms with Gasteiger partial charge < -0.3 is 5.32 Å². The first-order valence-electron chi connectivity index (χ1n) is 7.39. The minimum absolute atomic E-state index is 0.350.